The zero-order valence-electron chi connectivity index (χ0n) is 9.13. The Labute approximate surface area is 96.6 Å². The van der Waals surface area contributed by atoms with E-state index in [-0.39, 0.29) is 13.0 Å². The minimum Gasteiger partial charge on any atom is -0.462 e. The third-order valence-electron chi connectivity index (χ3n) is 1.99. The lowest BCUT2D eigenvalue weighted by molar-refractivity contribution is -0.152. The molecule has 0 unspecified atom stereocenters. The zero-order valence-corrected chi connectivity index (χ0v) is 9.13. The van der Waals surface area contributed by atoms with Crippen LogP contribution in [0.4, 0.5) is 8.78 Å². The molecule has 0 heterocycles. The van der Waals surface area contributed by atoms with Gasteiger partial charge in [-0.1, -0.05) is 0 Å². The minimum absolute atomic E-state index is 0.0941. The molecule has 4 nitrogen and oxygen atoms in total. The topological polar surface area (TPSA) is 55.4 Å². The number of nitrogens with one attached hydrogen (secondary N) is 1. The quantitative estimate of drug-likeness (QED) is 0.631. The highest BCUT2D eigenvalue weighted by Crippen LogP contribution is 2.07. The van der Waals surface area contributed by atoms with Gasteiger partial charge >= 0.3 is 11.9 Å². The molecule has 1 N–H and O–H groups in total. The SMILES string of the molecule is COC(=O)C(=O)NCCc1cc(F)cc(F)c1. The highest BCUT2D eigenvalue weighted by atomic mass is 19.1. The number of halogens is 2. The van der Waals surface area contributed by atoms with Crippen molar-refractivity contribution in [2.75, 3.05) is 13.7 Å². The van der Waals surface area contributed by atoms with E-state index in [1.807, 2.05) is 0 Å². The Bertz CT molecular complexity index is 414. The van der Waals surface area contributed by atoms with Crippen molar-refractivity contribution in [1.82, 2.24) is 5.32 Å². The lowest BCUT2D eigenvalue weighted by Crippen LogP contribution is -2.33. The van der Waals surface area contributed by atoms with Gasteiger partial charge in [0.25, 0.3) is 0 Å². The Morgan fingerprint density at radius 1 is 1.24 bits per heavy atom. The minimum atomic E-state index is -1.00. The van der Waals surface area contributed by atoms with E-state index in [0.717, 1.165) is 25.3 Å². The van der Waals surface area contributed by atoms with Crippen molar-refractivity contribution < 1.29 is 23.1 Å². The number of rotatable bonds is 3. The summed E-state index contributed by atoms with van der Waals surface area (Å²) >= 11 is 0. The van der Waals surface area contributed by atoms with Crippen LogP contribution in [0.15, 0.2) is 18.2 Å². The van der Waals surface area contributed by atoms with Gasteiger partial charge in [-0.2, -0.15) is 0 Å². The summed E-state index contributed by atoms with van der Waals surface area (Å²) in [5.41, 5.74) is 0.396. The van der Waals surface area contributed by atoms with E-state index < -0.39 is 23.5 Å². The molecule has 0 aliphatic carbocycles. The average molecular weight is 243 g/mol. The summed E-state index contributed by atoms with van der Waals surface area (Å²) in [7, 11) is 1.09. The molecule has 0 aliphatic rings. The molecule has 17 heavy (non-hydrogen) atoms. The fraction of sp³-hybridized carbons (Fsp3) is 0.273. The summed E-state index contributed by atoms with van der Waals surface area (Å²) < 4.78 is 29.8. The number of esters is 1. The van der Waals surface area contributed by atoms with Gasteiger partial charge in [0.1, 0.15) is 11.6 Å². The van der Waals surface area contributed by atoms with E-state index in [2.05, 4.69) is 10.1 Å². The predicted molar refractivity (Wildman–Crippen MR) is 55.1 cm³/mol. The van der Waals surface area contributed by atoms with Crippen LogP contribution < -0.4 is 5.32 Å². The fourth-order valence-corrected chi connectivity index (χ4v) is 1.24. The van der Waals surface area contributed by atoms with Crippen LogP contribution in [0.3, 0.4) is 0 Å². The summed E-state index contributed by atoms with van der Waals surface area (Å²) in [6.07, 6.45) is 0.220. The van der Waals surface area contributed by atoms with Crippen molar-refractivity contribution in [3.8, 4) is 0 Å². The molecule has 0 fully saturated rings. The Morgan fingerprint density at radius 3 is 2.35 bits per heavy atom. The zero-order chi connectivity index (χ0) is 12.8. The average Bonchev–Trinajstić information content (AvgIpc) is 2.26. The van der Waals surface area contributed by atoms with Gasteiger partial charge in [0, 0.05) is 12.6 Å². The number of ether oxygens (including phenoxy) is 1. The van der Waals surface area contributed by atoms with E-state index in [0.29, 0.717) is 5.56 Å². The van der Waals surface area contributed by atoms with Gasteiger partial charge in [0.2, 0.25) is 0 Å². The largest absolute Gasteiger partial charge is 0.462 e. The van der Waals surface area contributed by atoms with Gasteiger partial charge in [-0.25, -0.2) is 13.6 Å². The normalized spacial score (nSPS) is 9.82. The van der Waals surface area contributed by atoms with Crippen molar-refractivity contribution in [3.05, 3.63) is 35.4 Å². The second-order valence-corrected chi connectivity index (χ2v) is 3.28. The number of carbonyl (C=O) groups excluding carboxylic acids is 2. The number of hydrogen-bond donors (Lipinski definition) is 1. The van der Waals surface area contributed by atoms with Gasteiger partial charge < -0.3 is 10.1 Å². The van der Waals surface area contributed by atoms with Gasteiger partial charge in [0.15, 0.2) is 0 Å². The van der Waals surface area contributed by atoms with Crippen LogP contribution in [0.2, 0.25) is 0 Å². The third kappa shape index (κ3) is 4.18. The molecule has 0 aromatic heterocycles. The molecule has 0 spiro atoms. The molecule has 92 valence electrons. The van der Waals surface area contributed by atoms with Crippen LogP contribution >= 0.6 is 0 Å². The number of carbonyl (C=O) groups is 2. The van der Waals surface area contributed by atoms with Crippen LogP contribution in [0.1, 0.15) is 5.56 Å². The van der Waals surface area contributed by atoms with Crippen LogP contribution in [0.5, 0.6) is 0 Å². The third-order valence-corrected chi connectivity index (χ3v) is 1.99. The lowest BCUT2D eigenvalue weighted by atomic mass is 10.1. The lowest BCUT2D eigenvalue weighted by Gasteiger charge is -2.04. The van der Waals surface area contributed by atoms with Gasteiger partial charge in [-0.15, -0.1) is 0 Å². The molecule has 0 radical (unpaired) electrons. The number of benzene rings is 1. The molecule has 1 aromatic carbocycles. The number of hydrogen-bond acceptors (Lipinski definition) is 3. The van der Waals surface area contributed by atoms with Crippen LogP contribution in [0, 0.1) is 11.6 Å². The molecule has 0 saturated heterocycles. The fourth-order valence-electron chi connectivity index (χ4n) is 1.24. The van der Waals surface area contributed by atoms with Crippen molar-refractivity contribution in [1.29, 1.82) is 0 Å². The van der Waals surface area contributed by atoms with Gasteiger partial charge in [-0.3, -0.25) is 4.79 Å². The monoisotopic (exact) mass is 243 g/mol. The smallest absolute Gasteiger partial charge is 0.396 e. The van der Waals surface area contributed by atoms with Crippen LogP contribution in [-0.4, -0.2) is 25.5 Å². The standard InChI is InChI=1S/C11H11F2NO3/c1-17-11(16)10(15)14-3-2-7-4-8(12)6-9(13)5-7/h4-6H,2-3H2,1H3,(H,14,15). The second-order valence-electron chi connectivity index (χ2n) is 3.28. The first-order chi connectivity index (χ1) is 8.02. The number of amides is 1. The van der Waals surface area contributed by atoms with E-state index in [4.69, 9.17) is 0 Å². The van der Waals surface area contributed by atoms with Gasteiger partial charge in [-0.05, 0) is 24.1 Å². The Kier molecular flexibility index (Phi) is 4.56. The maximum atomic E-state index is 12.8. The Hall–Kier alpha value is -1.98. The summed E-state index contributed by atoms with van der Waals surface area (Å²) in [6, 6.07) is 3.08. The first-order valence-corrected chi connectivity index (χ1v) is 4.84. The molecule has 1 aromatic rings. The second kappa shape index (κ2) is 5.93. The predicted octanol–water partition coefficient (Wildman–Crippen LogP) is 0.796. The molecule has 6 heteroatoms. The van der Waals surface area contributed by atoms with E-state index in [1.54, 1.807) is 0 Å². The summed E-state index contributed by atoms with van der Waals surface area (Å²) in [5, 5.41) is 2.26. The van der Waals surface area contributed by atoms with E-state index in [1.165, 1.54) is 0 Å². The maximum Gasteiger partial charge on any atom is 0.396 e. The molecular weight excluding hydrogens is 232 g/mol. The number of methoxy groups -OCH3 is 1. The van der Waals surface area contributed by atoms with Crippen molar-refractivity contribution >= 4 is 11.9 Å². The molecule has 0 saturated carbocycles. The van der Waals surface area contributed by atoms with E-state index >= 15 is 0 Å². The van der Waals surface area contributed by atoms with Crippen molar-refractivity contribution in [2.24, 2.45) is 0 Å². The highest BCUT2D eigenvalue weighted by Gasteiger charge is 2.12. The van der Waals surface area contributed by atoms with Crippen molar-refractivity contribution in [3.63, 3.8) is 0 Å². The molecule has 1 amide bonds. The molecule has 0 atom stereocenters. The molecular formula is C11H11F2NO3. The highest BCUT2D eigenvalue weighted by molar-refractivity contribution is 6.32. The van der Waals surface area contributed by atoms with Crippen molar-refractivity contribution in [2.45, 2.75) is 6.42 Å². The summed E-state index contributed by atoms with van der Waals surface area (Å²) in [6.45, 7) is 0.0941. The van der Waals surface area contributed by atoms with E-state index in [9.17, 15) is 18.4 Å². The van der Waals surface area contributed by atoms with Gasteiger partial charge in [0.05, 0.1) is 7.11 Å². The molecule has 1 rings (SSSR count). The van der Waals surface area contributed by atoms with Crippen LogP contribution in [0.25, 0.3) is 0 Å². The Morgan fingerprint density at radius 2 is 1.82 bits per heavy atom. The summed E-state index contributed by atoms with van der Waals surface area (Å²) in [4.78, 5) is 21.7. The molecule has 0 aliphatic heterocycles. The first-order valence-electron chi connectivity index (χ1n) is 4.84. The first kappa shape index (κ1) is 13.1. The summed E-state index contributed by atoms with van der Waals surface area (Å²) in [5.74, 6) is -3.25. The van der Waals surface area contributed by atoms with Crippen LogP contribution in [-0.2, 0) is 20.7 Å². The Balaban J connectivity index is 2.46. The molecule has 0 bridgehead atoms. The maximum absolute atomic E-state index is 12.8.